The van der Waals surface area contributed by atoms with Crippen molar-refractivity contribution in [2.75, 3.05) is 7.11 Å². The van der Waals surface area contributed by atoms with Crippen LogP contribution < -0.4 is 16.6 Å². The summed E-state index contributed by atoms with van der Waals surface area (Å²) in [5.74, 6) is -1.37. The van der Waals surface area contributed by atoms with Gasteiger partial charge in [0.1, 0.15) is 17.1 Å². The quantitative estimate of drug-likeness (QED) is 0.590. The van der Waals surface area contributed by atoms with Gasteiger partial charge in [0.2, 0.25) is 0 Å². The Balaban J connectivity index is 1.57. The molecule has 0 aromatic carbocycles. The van der Waals surface area contributed by atoms with Crippen LogP contribution in [0.25, 0.3) is 11.0 Å². The van der Waals surface area contributed by atoms with Crippen LogP contribution in [0.2, 0.25) is 0 Å². The molecule has 0 aliphatic heterocycles. The second-order valence-electron chi connectivity index (χ2n) is 11.1. The van der Waals surface area contributed by atoms with Gasteiger partial charge in [-0.3, -0.25) is 19.1 Å². The maximum absolute atomic E-state index is 15.1. The Morgan fingerprint density at radius 1 is 1.08 bits per heavy atom. The molecule has 2 aromatic rings. The van der Waals surface area contributed by atoms with Crippen LogP contribution in [0.3, 0.4) is 0 Å². The number of amides is 1. The zero-order chi connectivity index (χ0) is 26.9. The predicted molar refractivity (Wildman–Crippen MR) is 134 cm³/mol. The summed E-state index contributed by atoms with van der Waals surface area (Å²) in [5, 5.41) is 2.95. The highest BCUT2D eigenvalue weighted by molar-refractivity contribution is 5.78. The Labute approximate surface area is 213 Å². The summed E-state index contributed by atoms with van der Waals surface area (Å²) >= 11 is 0. The van der Waals surface area contributed by atoms with E-state index in [2.05, 4.69) is 15.3 Å². The van der Waals surface area contributed by atoms with Gasteiger partial charge in [-0.15, -0.1) is 0 Å². The van der Waals surface area contributed by atoms with Crippen molar-refractivity contribution in [3.63, 3.8) is 0 Å². The van der Waals surface area contributed by atoms with Crippen molar-refractivity contribution in [1.29, 1.82) is 0 Å². The van der Waals surface area contributed by atoms with Gasteiger partial charge in [0.25, 0.3) is 5.56 Å². The van der Waals surface area contributed by atoms with Crippen LogP contribution in [0.4, 0.5) is 9.18 Å². The van der Waals surface area contributed by atoms with Crippen molar-refractivity contribution in [3.8, 4) is 0 Å². The first kappa shape index (κ1) is 26.8. The smallest absolute Gasteiger partial charge is 0.407 e. The molecular weight excluding hydrogens is 483 g/mol. The molecule has 0 atom stereocenters. The number of rotatable bonds is 4. The van der Waals surface area contributed by atoms with Gasteiger partial charge < -0.3 is 14.8 Å². The molecule has 0 unspecified atom stereocenters. The fourth-order valence-electron chi connectivity index (χ4n) is 5.66. The van der Waals surface area contributed by atoms with E-state index in [9.17, 15) is 19.2 Å². The van der Waals surface area contributed by atoms with Gasteiger partial charge in [0.05, 0.1) is 24.6 Å². The summed E-state index contributed by atoms with van der Waals surface area (Å²) in [6, 6.07) is -0.510. The molecule has 0 spiro atoms. The van der Waals surface area contributed by atoms with E-state index in [1.807, 2.05) is 0 Å². The monoisotopic (exact) mass is 518 g/mol. The third kappa shape index (κ3) is 5.86. The molecule has 11 heteroatoms. The number of esters is 1. The second-order valence-corrected chi connectivity index (χ2v) is 11.1. The van der Waals surface area contributed by atoms with Crippen LogP contribution in [0.1, 0.15) is 89.7 Å². The third-order valence-corrected chi connectivity index (χ3v) is 7.40. The molecule has 2 saturated carbocycles. The van der Waals surface area contributed by atoms with Crippen LogP contribution in [0, 0.1) is 11.7 Å². The van der Waals surface area contributed by atoms with E-state index in [1.165, 1.54) is 11.7 Å². The molecule has 2 aliphatic rings. The molecule has 0 saturated heterocycles. The summed E-state index contributed by atoms with van der Waals surface area (Å²) in [5.41, 5.74) is -1.42. The van der Waals surface area contributed by atoms with Gasteiger partial charge in [-0.05, 0) is 78.1 Å². The lowest BCUT2D eigenvalue weighted by Gasteiger charge is -2.31. The number of aromatic amines is 1. The second kappa shape index (κ2) is 10.6. The maximum atomic E-state index is 15.1. The summed E-state index contributed by atoms with van der Waals surface area (Å²) < 4.78 is 26.5. The van der Waals surface area contributed by atoms with Crippen molar-refractivity contribution in [2.24, 2.45) is 5.92 Å². The molecule has 0 radical (unpaired) electrons. The number of ether oxygens (including phenoxy) is 2. The third-order valence-electron chi connectivity index (χ3n) is 7.40. The van der Waals surface area contributed by atoms with E-state index in [1.54, 1.807) is 20.8 Å². The average molecular weight is 519 g/mol. The lowest BCUT2D eigenvalue weighted by molar-refractivity contribution is -0.146. The van der Waals surface area contributed by atoms with Gasteiger partial charge in [-0.25, -0.2) is 19.0 Å². The molecule has 2 aliphatic carbocycles. The molecule has 2 heterocycles. The van der Waals surface area contributed by atoms with Crippen molar-refractivity contribution in [1.82, 2.24) is 19.9 Å². The van der Waals surface area contributed by atoms with Crippen molar-refractivity contribution < 1.29 is 23.5 Å². The fraction of sp³-hybridized carbons (Fsp3) is 0.654. The number of aromatic nitrogens is 3. The van der Waals surface area contributed by atoms with E-state index in [-0.39, 0.29) is 46.5 Å². The Morgan fingerprint density at radius 2 is 1.73 bits per heavy atom. The zero-order valence-electron chi connectivity index (χ0n) is 21.8. The number of pyridine rings is 1. The number of fused-ring (bicyclic) bond motifs is 1. The first-order valence-electron chi connectivity index (χ1n) is 12.9. The van der Waals surface area contributed by atoms with Gasteiger partial charge >= 0.3 is 17.8 Å². The van der Waals surface area contributed by atoms with Crippen LogP contribution in [-0.4, -0.2) is 45.4 Å². The summed E-state index contributed by atoms with van der Waals surface area (Å²) in [6.07, 6.45) is 4.79. The lowest BCUT2D eigenvalue weighted by Crippen LogP contribution is -2.44. The summed E-state index contributed by atoms with van der Waals surface area (Å²) in [6.45, 7) is 5.37. The van der Waals surface area contributed by atoms with E-state index in [4.69, 9.17) is 9.47 Å². The molecule has 202 valence electrons. The number of hydrogen-bond donors (Lipinski definition) is 2. The number of methoxy groups -OCH3 is 1. The van der Waals surface area contributed by atoms with Crippen LogP contribution >= 0.6 is 0 Å². The molecular formula is C26H35FN4O6. The number of alkyl carbamates (subject to hydrolysis) is 1. The molecule has 10 nitrogen and oxygen atoms in total. The van der Waals surface area contributed by atoms with E-state index in [0.29, 0.717) is 51.4 Å². The minimum Gasteiger partial charge on any atom is -0.469 e. The number of carbonyl (C=O) groups is 2. The van der Waals surface area contributed by atoms with E-state index >= 15 is 4.39 Å². The molecule has 2 N–H and O–H groups in total. The number of hydrogen-bond acceptors (Lipinski definition) is 7. The number of carbonyl (C=O) groups excluding carboxylic acids is 2. The SMILES string of the molecule is COC(=O)[C@H]1CC[C@H](c2c(F)cnc3[nH]c(=O)n([C@H]4CC[C@@H](NC(=O)OC(C)(C)C)CC4)c(=O)c32)CC1. The Morgan fingerprint density at radius 3 is 2.32 bits per heavy atom. The van der Waals surface area contributed by atoms with Crippen LogP contribution in [0.5, 0.6) is 0 Å². The summed E-state index contributed by atoms with van der Waals surface area (Å²) in [4.78, 5) is 57.3. The lowest BCUT2D eigenvalue weighted by atomic mass is 9.78. The number of nitrogens with one attached hydrogen (secondary N) is 2. The highest BCUT2D eigenvalue weighted by Crippen LogP contribution is 2.39. The van der Waals surface area contributed by atoms with Gasteiger partial charge in [0.15, 0.2) is 0 Å². The molecule has 2 aromatic heterocycles. The average Bonchev–Trinajstić information content (AvgIpc) is 2.84. The van der Waals surface area contributed by atoms with Crippen LogP contribution in [-0.2, 0) is 14.3 Å². The fourth-order valence-corrected chi connectivity index (χ4v) is 5.66. The number of nitrogens with zero attached hydrogens (tertiary/aromatic N) is 2. The first-order chi connectivity index (χ1) is 17.5. The van der Waals surface area contributed by atoms with Crippen molar-refractivity contribution >= 4 is 23.1 Å². The molecule has 37 heavy (non-hydrogen) atoms. The van der Waals surface area contributed by atoms with E-state index < -0.39 is 28.8 Å². The minimum atomic E-state index is -0.605. The standard InChI is InChI=1S/C26H35FN4O6/c1-26(2,3)37-25(35)29-16-9-11-17(12-10-16)31-22(32)20-19(18(27)13-28-21(20)30-24(31)34)14-5-7-15(8-6-14)23(33)36-4/h13-17H,5-12H2,1-4H3,(H,29,35)(H,28,30,34)/t14-,15-,16-,17+. The van der Waals surface area contributed by atoms with Gasteiger partial charge in [-0.1, -0.05) is 0 Å². The van der Waals surface area contributed by atoms with Crippen molar-refractivity contribution in [2.45, 2.75) is 95.7 Å². The molecule has 1 amide bonds. The first-order valence-corrected chi connectivity index (χ1v) is 12.9. The largest absolute Gasteiger partial charge is 0.469 e. The maximum Gasteiger partial charge on any atom is 0.407 e. The predicted octanol–water partition coefficient (Wildman–Crippen LogP) is 3.68. The Hall–Kier alpha value is -3.24. The zero-order valence-corrected chi connectivity index (χ0v) is 21.8. The molecule has 4 rings (SSSR count). The van der Waals surface area contributed by atoms with E-state index in [0.717, 1.165) is 6.20 Å². The normalized spacial score (nSPS) is 24.5. The van der Waals surface area contributed by atoms with Crippen molar-refractivity contribution in [3.05, 3.63) is 38.4 Å². The van der Waals surface area contributed by atoms with Crippen LogP contribution in [0.15, 0.2) is 15.8 Å². The highest BCUT2D eigenvalue weighted by Gasteiger charge is 2.33. The Kier molecular flexibility index (Phi) is 7.70. The molecule has 0 bridgehead atoms. The highest BCUT2D eigenvalue weighted by atomic mass is 19.1. The minimum absolute atomic E-state index is 0.0676. The van der Waals surface area contributed by atoms with Gasteiger partial charge in [0, 0.05) is 17.6 Å². The Bertz CT molecular complexity index is 1280. The topological polar surface area (TPSA) is 132 Å². The number of halogens is 1. The summed E-state index contributed by atoms with van der Waals surface area (Å²) in [7, 11) is 1.35. The van der Waals surface area contributed by atoms with Gasteiger partial charge in [-0.2, -0.15) is 0 Å². The molecule has 2 fully saturated rings. The number of H-pyrrole nitrogens is 1.